The lowest BCUT2D eigenvalue weighted by atomic mass is 9.85. The third-order valence-electron chi connectivity index (χ3n) is 5.08. The second kappa shape index (κ2) is 11.2. The van der Waals surface area contributed by atoms with Crippen LogP contribution in [0.4, 0.5) is 119 Å². The summed E-state index contributed by atoms with van der Waals surface area (Å²) in [6.45, 7) is 2.03. The predicted molar refractivity (Wildman–Crippen MR) is 87.4 cm³/mol. The zero-order valence-electron chi connectivity index (χ0n) is 20.6. The molecule has 0 fully saturated rings. The van der Waals surface area contributed by atoms with Gasteiger partial charge in [-0.3, -0.25) is 4.74 Å². The van der Waals surface area contributed by atoms with E-state index in [0.29, 0.717) is 0 Å². The number of rotatable bonds is 12. The highest BCUT2D eigenvalue weighted by atomic mass is 19.4. The van der Waals surface area contributed by atoms with Gasteiger partial charge in [0.2, 0.25) is 0 Å². The summed E-state index contributed by atoms with van der Waals surface area (Å²) in [7, 11) is 0. The average Bonchev–Trinajstić information content (AvgIpc) is 2.80. The first kappa shape index (κ1) is 44.3. The Labute approximate surface area is 237 Å². The van der Waals surface area contributed by atoms with Gasteiger partial charge in [-0.2, -0.15) is 119 Å². The van der Waals surface area contributed by atoms with E-state index in [-0.39, 0.29) is 6.92 Å². The Hall–Kier alpha value is -2.72. The fourth-order valence-corrected chi connectivity index (χ4v) is 2.45. The monoisotopic (exact) mass is 770 g/mol. The molecule has 0 aromatic heterocycles. The van der Waals surface area contributed by atoms with Crippen LogP contribution in [0.15, 0.2) is 12.2 Å². The third-order valence-corrected chi connectivity index (χ3v) is 5.08. The van der Waals surface area contributed by atoms with Crippen LogP contribution in [-0.2, 0) is 14.3 Å². The van der Waals surface area contributed by atoms with E-state index in [1.165, 1.54) is 0 Å². The zero-order chi connectivity index (χ0) is 39.1. The first-order chi connectivity index (χ1) is 19.8. The molecule has 2 unspecified atom stereocenters. The van der Waals surface area contributed by atoms with Crippen LogP contribution in [0.3, 0.4) is 0 Å². The summed E-state index contributed by atoms with van der Waals surface area (Å²) in [5, 5.41) is 0. The number of carbonyl (C=O) groups is 1. The van der Waals surface area contributed by atoms with Crippen molar-refractivity contribution in [1.82, 2.24) is 0 Å². The SMILES string of the molecule is C=C(C)C(=O)OC(F)(C(F)(F)F)C(F)(OC(F)(F)C(F)(F)F)C(F)(F)C(F)(F)C(F)(F)C(F)(F)C(F)(F)C(F)(F)C(F)(F)C(F)(F)F. The summed E-state index contributed by atoms with van der Waals surface area (Å²) in [6.07, 6.45) is -33.3. The number of hydrogen-bond donors (Lipinski definition) is 0. The highest BCUT2D eigenvalue weighted by molar-refractivity contribution is 5.87. The van der Waals surface area contributed by atoms with Crippen molar-refractivity contribution >= 4 is 5.97 Å². The number of hydrogen-bond acceptors (Lipinski definition) is 3. The number of esters is 1. The number of alkyl halides is 27. The highest BCUT2D eigenvalue weighted by Crippen LogP contribution is 2.67. The van der Waals surface area contributed by atoms with Crippen molar-refractivity contribution in [1.29, 1.82) is 0 Å². The molecule has 0 saturated carbocycles. The minimum absolute atomic E-state index is 0.106. The van der Waals surface area contributed by atoms with E-state index in [2.05, 4.69) is 11.3 Å². The first-order valence-corrected chi connectivity index (χ1v) is 9.98. The lowest BCUT2D eigenvalue weighted by Gasteiger charge is -2.48. The van der Waals surface area contributed by atoms with Gasteiger partial charge in [-0.25, -0.2) is 4.79 Å². The minimum atomic E-state index is -9.93. The summed E-state index contributed by atoms with van der Waals surface area (Å²) in [4.78, 5) is 11.2. The molecule has 0 heterocycles. The molecule has 0 spiro atoms. The second-order valence-corrected chi connectivity index (χ2v) is 8.49. The summed E-state index contributed by atoms with van der Waals surface area (Å²) in [5.41, 5.74) is -1.97. The second-order valence-electron chi connectivity index (χ2n) is 8.49. The molecular weight excluding hydrogens is 765 g/mol. The third kappa shape index (κ3) is 5.96. The van der Waals surface area contributed by atoms with E-state index >= 15 is 4.39 Å². The van der Waals surface area contributed by atoms with Gasteiger partial charge in [0, 0.05) is 5.57 Å². The maximum atomic E-state index is 15.0. The van der Waals surface area contributed by atoms with Crippen molar-refractivity contribution in [3.05, 3.63) is 12.2 Å². The van der Waals surface area contributed by atoms with E-state index in [1.807, 2.05) is 0 Å². The van der Waals surface area contributed by atoms with E-state index in [0.717, 1.165) is 4.74 Å². The maximum absolute atomic E-state index is 15.0. The molecule has 3 nitrogen and oxygen atoms in total. The Balaban J connectivity index is 8.22. The van der Waals surface area contributed by atoms with Crippen LogP contribution < -0.4 is 0 Å². The van der Waals surface area contributed by atoms with E-state index in [4.69, 9.17) is 0 Å². The average molecular weight is 770 g/mol. The molecule has 0 aliphatic carbocycles. The van der Waals surface area contributed by atoms with Gasteiger partial charge in [-0.1, -0.05) is 6.58 Å². The minimum Gasteiger partial charge on any atom is -0.411 e. The Morgan fingerprint density at radius 2 is 0.681 bits per heavy atom. The van der Waals surface area contributed by atoms with Crippen molar-refractivity contribution in [3.8, 4) is 0 Å². The maximum Gasteiger partial charge on any atom is 0.483 e. The molecule has 0 bridgehead atoms. The van der Waals surface area contributed by atoms with Gasteiger partial charge < -0.3 is 4.74 Å². The summed E-state index contributed by atoms with van der Waals surface area (Å²) < 4.78 is 365. The normalized spacial score (nSPS) is 18.4. The Bertz CT molecular complexity index is 1190. The van der Waals surface area contributed by atoms with Crippen LogP contribution in [-0.4, -0.2) is 83.8 Å². The molecule has 0 aliphatic rings. The Morgan fingerprint density at radius 1 is 0.404 bits per heavy atom. The van der Waals surface area contributed by atoms with Crippen LogP contribution in [0.2, 0.25) is 0 Å². The van der Waals surface area contributed by atoms with Gasteiger partial charge in [0.05, 0.1) is 0 Å². The smallest absolute Gasteiger partial charge is 0.411 e. The van der Waals surface area contributed by atoms with Gasteiger partial charge in [-0.15, -0.1) is 0 Å². The molecule has 0 N–H and O–H groups in total. The number of ether oxygens (including phenoxy) is 2. The van der Waals surface area contributed by atoms with Crippen molar-refractivity contribution in [2.24, 2.45) is 0 Å². The fraction of sp³-hybridized carbons (Fsp3) is 0.824. The molecule has 0 saturated heterocycles. The van der Waals surface area contributed by atoms with Crippen molar-refractivity contribution in [2.45, 2.75) is 84.7 Å². The molecule has 280 valence electrons. The lowest BCUT2D eigenvalue weighted by molar-refractivity contribution is -0.542. The zero-order valence-corrected chi connectivity index (χ0v) is 20.6. The standard InChI is InChI=1S/C17H5F27O3/c1-3(2)4(45)46-13(33,15(37,38)39)12(32,47-17(43,44)16(40,41)42)10(28,29)8(24,25)6(20,21)5(18,19)7(22,23)9(26,27)11(30,31)14(34,35)36/h1H2,2H3. The molecule has 0 aliphatic heterocycles. The first-order valence-electron chi connectivity index (χ1n) is 9.98. The summed E-state index contributed by atoms with van der Waals surface area (Å²) >= 11 is 0. The van der Waals surface area contributed by atoms with E-state index in [9.17, 15) is 119 Å². The molecule has 47 heavy (non-hydrogen) atoms. The molecular formula is C17H5F27O3. The summed E-state index contributed by atoms with van der Waals surface area (Å²) in [6, 6.07) is 0. The molecule has 0 aromatic rings. The van der Waals surface area contributed by atoms with Crippen molar-refractivity contribution < 1.29 is 133 Å². The van der Waals surface area contributed by atoms with Crippen LogP contribution in [0.5, 0.6) is 0 Å². The topological polar surface area (TPSA) is 35.5 Å². The molecule has 0 amide bonds. The quantitative estimate of drug-likeness (QED) is 0.113. The predicted octanol–water partition coefficient (Wildman–Crippen LogP) is 9.18. The van der Waals surface area contributed by atoms with Gasteiger partial charge >= 0.3 is 83.8 Å². The molecule has 0 radical (unpaired) electrons. The lowest BCUT2D eigenvalue weighted by Crippen LogP contribution is -2.80. The van der Waals surface area contributed by atoms with Crippen molar-refractivity contribution in [3.63, 3.8) is 0 Å². The Morgan fingerprint density at radius 3 is 0.915 bits per heavy atom. The van der Waals surface area contributed by atoms with Crippen molar-refractivity contribution in [2.75, 3.05) is 0 Å². The fourth-order valence-electron chi connectivity index (χ4n) is 2.45. The van der Waals surface area contributed by atoms with Crippen LogP contribution in [0.1, 0.15) is 6.92 Å². The summed E-state index contributed by atoms with van der Waals surface area (Å²) in [5.74, 6) is -88.6. The van der Waals surface area contributed by atoms with Crippen LogP contribution in [0, 0.1) is 0 Å². The van der Waals surface area contributed by atoms with E-state index in [1.54, 1.807) is 0 Å². The largest absolute Gasteiger partial charge is 0.483 e. The number of halogens is 27. The van der Waals surface area contributed by atoms with Crippen LogP contribution >= 0.6 is 0 Å². The Kier molecular flexibility index (Phi) is 10.5. The molecule has 30 heteroatoms. The number of carbonyl (C=O) groups excluding carboxylic acids is 1. The molecule has 2 atom stereocenters. The van der Waals surface area contributed by atoms with Gasteiger partial charge in [0.1, 0.15) is 0 Å². The highest BCUT2D eigenvalue weighted by Gasteiger charge is 3.00. The van der Waals surface area contributed by atoms with E-state index < -0.39 is 89.3 Å². The van der Waals surface area contributed by atoms with Gasteiger partial charge in [0.15, 0.2) is 0 Å². The molecule has 0 aromatic carbocycles. The molecule has 0 rings (SSSR count). The van der Waals surface area contributed by atoms with Gasteiger partial charge in [0.25, 0.3) is 0 Å². The van der Waals surface area contributed by atoms with Crippen LogP contribution in [0.25, 0.3) is 0 Å². The van der Waals surface area contributed by atoms with Gasteiger partial charge in [-0.05, 0) is 6.92 Å².